The fraction of sp³-hybridized carbons (Fsp3) is 0.462. The van der Waals surface area contributed by atoms with Crippen LogP contribution in [0.1, 0.15) is 24.5 Å². The van der Waals surface area contributed by atoms with Gasteiger partial charge in [0.25, 0.3) is 0 Å². The molecular weight excluding hydrogens is 218 g/mol. The predicted molar refractivity (Wildman–Crippen MR) is 64.0 cm³/mol. The highest BCUT2D eigenvalue weighted by Gasteiger charge is 2.43. The lowest BCUT2D eigenvalue weighted by Gasteiger charge is -2.29. The summed E-state index contributed by atoms with van der Waals surface area (Å²) in [4.78, 5) is 11.1. The van der Waals surface area contributed by atoms with E-state index >= 15 is 0 Å². The number of carboxylic acid groups (broad SMARTS) is 1. The molecule has 92 valence electrons. The largest absolute Gasteiger partial charge is 0.497 e. The molecule has 2 rings (SSSR count). The highest BCUT2D eigenvalue weighted by atomic mass is 16.5. The zero-order chi connectivity index (χ0) is 12.6. The Kier molecular flexibility index (Phi) is 2.83. The molecule has 0 spiro atoms. The summed E-state index contributed by atoms with van der Waals surface area (Å²) in [5, 5.41) is 9.13. The van der Waals surface area contributed by atoms with Gasteiger partial charge in [0.15, 0.2) is 0 Å². The molecule has 4 heteroatoms. The minimum absolute atomic E-state index is 0.586. The number of carbonyl (C=O) groups is 1. The van der Waals surface area contributed by atoms with E-state index in [4.69, 9.17) is 15.6 Å². The van der Waals surface area contributed by atoms with Gasteiger partial charge in [-0.25, -0.2) is 0 Å². The molecule has 0 heterocycles. The number of aryl methyl sites for hydroxylation is 1. The molecule has 1 aromatic rings. The van der Waals surface area contributed by atoms with Crippen LogP contribution in [0.2, 0.25) is 0 Å². The standard InChI is InChI=1S/C13H17NO3/c1-8(12(15)16)13(14)6-5-9-7-10(17-2)3-4-11(9)13/h3-4,7-8H,5-6,14H2,1-2H3,(H,15,16). The number of methoxy groups -OCH3 is 1. The van der Waals surface area contributed by atoms with Crippen molar-refractivity contribution in [3.63, 3.8) is 0 Å². The molecule has 1 aliphatic carbocycles. The molecule has 4 nitrogen and oxygen atoms in total. The van der Waals surface area contributed by atoms with E-state index in [2.05, 4.69) is 0 Å². The zero-order valence-electron chi connectivity index (χ0n) is 10.1. The quantitative estimate of drug-likeness (QED) is 0.833. The van der Waals surface area contributed by atoms with Gasteiger partial charge in [-0.3, -0.25) is 4.79 Å². The molecule has 0 bridgehead atoms. The number of ether oxygens (including phenoxy) is 1. The van der Waals surface area contributed by atoms with Crippen molar-refractivity contribution >= 4 is 5.97 Å². The maximum absolute atomic E-state index is 11.1. The van der Waals surface area contributed by atoms with Crippen LogP contribution in [0.5, 0.6) is 5.75 Å². The van der Waals surface area contributed by atoms with Crippen molar-refractivity contribution in [2.75, 3.05) is 7.11 Å². The van der Waals surface area contributed by atoms with Gasteiger partial charge in [0.1, 0.15) is 5.75 Å². The van der Waals surface area contributed by atoms with Crippen LogP contribution in [-0.4, -0.2) is 18.2 Å². The molecule has 0 aromatic heterocycles. The van der Waals surface area contributed by atoms with Crippen LogP contribution in [0, 0.1) is 5.92 Å². The minimum atomic E-state index is -0.851. The van der Waals surface area contributed by atoms with Crippen LogP contribution in [0.4, 0.5) is 0 Å². The highest BCUT2D eigenvalue weighted by molar-refractivity contribution is 5.72. The summed E-state index contributed by atoms with van der Waals surface area (Å²) in [7, 11) is 1.62. The number of aliphatic carboxylic acids is 1. The van der Waals surface area contributed by atoms with Crippen LogP contribution in [0.15, 0.2) is 18.2 Å². The Morgan fingerprint density at radius 1 is 1.59 bits per heavy atom. The molecule has 1 aliphatic rings. The second-order valence-electron chi connectivity index (χ2n) is 4.62. The Balaban J connectivity index is 2.43. The minimum Gasteiger partial charge on any atom is -0.497 e. The smallest absolute Gasteiger partial charge is 0.308 e. The van der Waals surface area contributed by atoms with Crippen LogP contribution in [0.3, 0.4) is 0 Å². The molecule has 1 aromatic carbocycles. The first-order valence-corrected chi connectivity index (χ1v) is 5.68. The fourth-order valence-electron chi connectivity index (χ4n) is 2.50. The summed E-state index contributed by atoms with van der Waals surface area (Å²) in [6.45, 7) is 1.67. The first-order chi connectivity index (χ1) is 7.99. The van der Waals surface area contributed by atoms with Crippen LogP contribution in [0.25, 0.3) is 0 Å². The number of rotatable bonds is 3. The van der Waals surface area contributed by atoms with E-state index in [1.54, 1.807) is 14.0 Å². The molecule has 17 heavy (non-hydrogen) atoms. The Hall–Kier alpha value is -1.55. The Bertz CT molecular complexity index is 458. The van der Waals surface area contributed by atoms with Gasteiger partial charge >= 0.3 is 5.97 Å². The van der Waals surface area contributed by atoms with E-state index in [0.29, 0.717) is 6.42 Å². The maximum atomic E-state index is 11.1. The monoisotopic (exact) mass is 235 g/mol. The van der Waals surface area contributed by atoms with Crippen molar-refractivity contribution in [3.8, 4) is 5.75 Å². The molecule has 0 fully saturated rings. The second-order valence-corrected chi connectivity index (χ2v) is 4.62. The van der Waals surface area contributed by atoms with E-state index in [1.807, 2.05) is 18.2 Å². The lowest BCUT2D eigenvalue weighted by atomic mass is 9.81. The molecule has 3 N–H and O–H groups in total. The molecular formula is C13H17NO3. The van der Waals surface area contributed by atoms with Gasteiger partial charge in [-0.15, -0.1) is 0 Å². The van der Waals surface area contributed by atoms with E-state index in [0.717, 1.165) is 23.3 Å². The first kappa shape index (κ1) is 11.9. The first-order valence-electron chi connectivity index (χ1n) is 5.68. The van der Waals surface area contributed by atoms with E-state index in [9.17, 15) is 4.79 Å². The van der Waals surface area contributed by atoms with Gasteiger partial charge in [0, 0.05) is 0 Å². The predicted octanol–water partition coefficient (Wildman–Crippen LogP) is 1.52. The zero-order valence-corrected chi connectivity index (χ0v) is 10.1. The molecule has 0 saturated heterocycles. The average molecular weight is 235 g/mol. The van der Waals surface area contributed by atoms with Gasteiger partial charge in [-0.2, -0.15) is 0 Å². The Morgan fingerprint density at radius 3 is 2.88 bits per heavy atom. The Morgan fingerprint density at radius 2 is 2.29 bits per heavy atom. The number of fused-ring (bicyclic) bond motifs is 1. The number of benzene rings is 1. The van der Waals surface area contributed by atoms with Crippen molar-refractivity contribution in [1.29, 1.82) is 0 Å². The fourth-order valence-corrected chi connectivity index (χ4v) is 2.50. The topological polar surface area (TPSA) is 72.5 Å². The summed E-state index contributed by atoms with van der Waals surface area (Å²) in [6, 6.07) is 5.67. The third-order valence-corrected chi connectivity index (χ3v) is 3.76. The molecule has 2 unspecified atom stereocenters. The molecule has 0 amide bonds. The van der Waals surface area contributed by atoms with Gasteiger partial charge in [-0.05, 0) is 43.0 Å². The molecule has 0 saturated carbocycles. The van der Waals surface area contributed by atoms with Crippen LogP contribution >= 0.6 is 0 Å². The van der Waals surface area contributed by atoms with Crippen molar-refractivity contribution < 1.29 is 14.6 Å². The van der Waals surface area contributed by atoms with Crippen molar-refractivity contribution in [3.05, 3.63) is 29.3 Å². The number of carboxylic acids is 1. The van der Waals surface area contributed by atoms with Gasteiger partial charge in [-0.1, -0.05) is 6.07 Å². The summed E-state index contributed by atoms with van der Waals surface area (Å²) in [6.07, 6.45) is 1.48. The van der Waals surface area contributed by atoms with Crippen LogP contribution < -0.4 is 10.5 Å². The lowest BCUT2D eigenvalue weighted by molar-refractivity contribution is -0.143. The van der Waals surface area contributed by atoms with Gasteiger partial charge in [0.2, 0.25) is 0 Å². The summed E-state index contributed by atoms with van der Waals surface area (Å²) >= 11 is 0. The van der Waals surface area contributed by atoms with E-state index in [-0.39, 0.29) is 0 Å². The Labute approximate surface area is 100 Å². The lowest BCUT2D eigenvalue weighted by Crippen LogP contribution is -2.44. The van der Waals surface area contributed by atoms with Crippen molar-refractivity contribution in [2.24, 2.45) is 11.7 Å². The summed E-state index contributed by atoms with van der Waals surface area (Å²) < 4.78 is 5.16. The molecule has 0 radical (unpaired) electrons. The van der Waals surface area contributed by atoms with Gasteiger partial charge in [0.05, 0.1) is 18.6 Å². The van der Waals surface area contributed by atoms with Crippen LogP contribution in [-0.2, 0) is 16.8 Å². The van der Waals surface area contributed by atoms with E-state index < -0.39 is 17.4 Å². The van der Waals surface area contributed by atoms with Crippen molar-refractivity contribution in [2.45, 2.75) is 25.3 Å². The van der Waals surface area contributed by atoms with Gasteiger partial charge < -0.3 is 15.6 Å². The van der Waals surface area contributed by atoms with Crippen molar-refractivity contribution in [1.82, 2.24) is 0 Å². The number of hydrogen-bond donors (Lipinski definition) is 2. The SMILES string of the molecule is COc1ccc2c(c1)CCC2(N)C(C)C(=O)O. The summed E-state index contributed by atoms with van der Waals surface area (Å²) in [5.41, 5.74) is 7.56. The third-order valence-electron chi connectivity index (χ3n) is 3.76. The number of nitrogens with two attached hydrogens (primary N) is 1. The number of hydrogen-bond acceptors (Lipinski definition) is 3. The van der Waals surface area contributed by atoms with E-state index in [1.165, 1.54) is 0 Å². The highest BCUT2D eigenvalue weighted by Crippen LogP contribution is 2.41. The molecule has 0 aliphatic heterocycles. The normalized spacial score (nSPS) is 24.2. The maximum Gasteiger partial charge on any atom is 0.308 e. The third kappa shape index (κ3) is 1.78. The average Bonchev–Trinajstić information content (AvgIpc) is 2.66. The second kappa shape index (κ2) is 4.04. The summed E-state index contributed by atoms with van der Waals surface area (Å²) in [5.74, 6) is -0.649. The molecule has 2 atom stereocenters.